The average molecular weight is 332 g/mol. The molecule has 3 heterocycles. The van der Waals surface area contributed by atoms with Crippen molar-refractivity contribution >= 4 is 11.6 Å². The van der Waals surface area contributed by atoms with Gasteiger partial charge in [-0.1, -0.05) is 6.42 Å². The molecule has 130 valence electrons. The smallest absolute Gasteiger partial charge is 0.291 e. The predicted molar refractivity (Wildman–Crippen MR) is 89.6 cm³/mol. The van der Waals surface area contributed by atoms with Gasteiger partial charge < -0.3 is 14.5 Å². The monoisotopic (exact) mass is 332 g/mol. The number of carbonyl (C=O) groups excluding carboxylic acids is 1. The van der Waals surface area contributed by atoms with Gasteiger partial charge in [-0.2, -0.15) is 5.10 Å². The van der Waals surface area contributed by atoms with Crippen LogP contribution in [0.4, 0.5) is 5.69 Å². The van der Waals surface area contributed by atoms with Gasteiger partial charge in [-0.15, -0.1) is 0 Å². The lowest BCUT2D eigenvalue weighted by Crippen LogP contribution is -2.28. The molecule has 1 amide bonds. The fourth-order valence-electron chi connectivity index (χ4n) is 2.80. The van der Waals surface area contributed by atoms with Crippen LogP contribution < -0.4 is 5.32 Å². The van der Waals surface area contributed by atoms with E-state index in [1.807, 2.05) is 13.0 Å². The van der Waals surface area contributed by atoms with Crippen LogP contribution in [0.5, 0.6) is 0 Å². The van der Waals surface area contributed by atoms with E-state index in [2.05, 4.69) is 15.3 Å². The lowest BCUT2D eigenvalue weighted by atomic mass is 10.1. The molecule has 2 aromatic heterocycles. The molecule has 0 atom stereocenters. The SMILES string of the molecule is CCOCn1cc(NC(=O)c2ccc(CN3CCCCC3)o2)cn1. The largest absolute Gasteiger partial charge is 0.455 e. The Labute approximate surface area is 141 Å². The van der Waals surface area contributed by atoms with E-state index < -0.39 is 0 Å². The van der Waals surface area contributed by atoms with Gasteiger partial charge in [0.15, 0.2) is 5.76 Å². The second-order valence-electron chi connectivity index (χ2n) is 5.95. The first-order valence-corrected chi connectivity index (χ1v) is 8.47. The first-order chi connectivity index (χ1) is 11.7. The molecular formula is C17H24N4O3. The van der Waals surface area contributed by atoms with Crippen LogP contribution in [0.15, 0.2) is 28.9 Å². The van der Waals surface area contributed by atoms with Crippen LogP contribution in [-0.4, -0.2) is 40.3 Å². The van der Waals surface area contributed by atoms with Crippen molar-refractivity contribution in [3.05, 3.63) is 36.0 Å². The minimum atomic E-state index is -0.268. The molecule has 0 radical (unpaired) electrons. The summed E-state index contributed by atoms with van der Waals surface area (Å²) in [7, 11) is 0. The van der Waals surface area contributed by atoms with Gasteiger partial charge >= 0.3 is 0 Å². The average Bonchev–Trinajstić information content (AvgIpc) is 3.23. The first-order valence-electron chi connectivity index (χ1n) is 8.47. The van der Waals surface area contributed by atoms with E-state index in [1.54, 1.807) is 23.1 Å². The van der Waals surface area contributed by atoms with Gasteiger partial charge in [0.2, 0.25) is 0 Å². The van der Waals surface area contributed by atoms with Gasteiger partial charge in [0.1, 0.15) is 12.5 Å². The number of hydrogen-bond donors (Lipinski definition) is 1. The van der Waals surface area contributed by atoms with Crippen LogP contribution in [0.1, 0.15) is 42.5 Å². The number of aromatic nitrogens is 2. The van der Waals surface area contributed by atoms with Gasteiger partial charge in [0.05, 0.1) is 24.6 Å². The molecular weight excluding hydrogens is 308 g/mol. The van der Waals surface area contributed by atoms with Crippen molar-refractivity contribution in [2.24, 2.45) is 0 Å². The molecule has 7 heteroatoms. The summed E-state index contributed by atoms with van der Waals surface area (Å²) in [4.78, 5) is 14.6. The van der Waals surface area contributed by atoms with Crippen LogP contribution in [0.25, 0.3) is 0 Å². The minimum absolute atomic E-state index is 0.268. The van der Waals surface area contributed by atoms with Gasteiger partial charge in [0.25, 0.3) is 5.91 Å². The van der Waals surface area contributed by atoms with Gasteiger partial charge in [-0.25, -0.2) is 4.68 Å². The maximum absolute atomic E-state index is 12.3. The van der Waals surface area contributed by atoms with E-state index >= 15 is 0 Å². The van der Waals surface area contributed by atoms with Crippen molar-refractivity contribution in [3.63, 3.8) is 0 Å². The molecule has 1 saturated heterocycles. The van der Waals surface area contributed by atoms with Crippen LogP contribution in [0.3, 0.4) is 0 Å². The lowest BCUT2D eigenvalue weighted by molar-refractivity contribution is 0.0792. The maximum atomic E-state index is 12.3. The van der Waals surface area contributed by atoms with Crippen molar-refractivity contribution in [3.8, 4) is 0 Å². The van der Waals surface area contributed by atoms with E-state index in [1.165, 1.54) is 19.3 Å². The number of carbonyl (C=O) groups is 1. The Hall–Kier alpha value is -2.12. The van der Waals surface area contributed by atoms with Crippen LogP contribution in [0, 0.1) is 0 Å². The number of nitrogens with one attached hydrogen (secondary N) is 1. The second-order valence-corrected chi connectivity index (χ2v) is 5.95. The topological polar surface area (TPSA) is 72.5 Å². The highest BCUT2D eigenvalue weighted by Gasteiger charge is 2.16. The summed E-state index contributed by atoms with van der Waals surface area (Å²) in [5.74, 6) is 0.879. The number of hydrogen-bond acceptors (Lipinski definition) is 5. The number of nitrogens with zero attached hydrogens (tertiary/aromatic N) is 3. The zero-order valence-corrected chi connectivity index (χ0v) is 14.0. The van der Waals surface area contributed by atoms with Gasteiger partial charge in [-0.05, 0) is 45.0 Å². The van der Waals surface area contributed by atoms with Crippen molar-refractivity contribution in [1.82, 2.24) is 14.7 Å². The fraction of sp³-hybridized carbons (Fsp3) is 0.529. The third-order valence-corrected chi connectivity index (χ3v) is 4.03. The highest BCUT2D eigenvalue weighted by molar-refractivity contribution is 6.02. The molecule has 1 fully saturated rings. The highest BCUT2D eigenvalue weighted by atomic mass is 16.5. The Morgan fingerprint density at radius 1 is 1.33 bits per heavy atom. The summed E-state index contributed by atoms with van der Waals surface area (Å²) in [5.41, 5.74) is 0.619. The van der Waals surface area contributed by atoms with Crippen molar-refractivity contribution in [2.45, 2.75) is 39.5 Å². The number of furan rings is 1. The molecule has 1 aliphatic rings. The first kappa shape index (κ1) is 16.7. The molecule has 0 aromatic carbocycles. The second kappa shape index (κ2) is 8.12. The third kappa shape index (κ3) is 4.46. The molecule has 24 heavy (non-hydrogen) atoms. The summed E-state index contributed by atoms with van der Waals surface area (Å²) in [6, 6.07) is 3.60. The summed E-state index contributed by atoms with van der Waals surface area (Å²) in [6.07, 6.45) is 7.10. The Balaban J connectivity index is 1.54. The molecule has 7 nitrogen and oxygen atoms in total. The van der Waals surface area contributed by atoms with E-state index in [0.717, 1.165) is 25.4 Å². The van der Waals surface area contributed by atoms with Crippen molar-refractivity contribution in [2.75, 3.05) is 25.0 Å². The zero-order valence-electron chi connectivity index (χ0n) is 14.0. The van der Waals surface area contributed by atoms with Crippen molar-refractivity contribution < 1.29 is 13.9 Å². The Kier molecular flexibility index (Phi) is 5.66. The molecule has 0 spiro atoms. The van der Waals surface area contributed by atoms with Gasteiger partial charge in [-0.3, -0.25) is 9.69 Å². The molecule has 0 aliphatic carbocycles. The number of ether oxygens (including phenoxy) is 1. The summed E-state index contributed by atoms with van der Waals surface area (Å²) in [6.45, 7) is 5.87. The van der Waals surface area contributed by atoms with E-state index in [0.29, 0.717) is 24.8 Å². The number of likely N-dealkylation sites (tertiary alicyclic amines) is 1. The van der Waals surface area contributed by atoms with Crippen LogP contribution >= 0.6 is 0 Å². The fourth-order valence-corrected chi connectivity index (χ4v) is 2.80. The Morgan fingerprint density at radius 3 is 2.96 bits per heavy atom. The summed E-state index contributed by atoms with van der Waals surface area (Å²) < 4.78 is 12.6. The molecule has 1 aliphatic heterocycles. The number of anilines is 1. The van der Waals surface area contributed by atoms with Gasteiger partial charge in [0, 0.05) is 6.61 Å². The minimum Gasteiger partial charge on any atom is -0.455 e. The Morgan fingerprint density at radius 2 is 2.17 bits per heavy atom. The third-order valence-electron chi connectivity index (χ3n) is 4.03. The molecule has 0 bridgehead atoms. The molecule has 3 rings (SSSR count). The molecule has 0 unspecified atom stereocenters. The van der Waals surface area contributed by atoms with Crippen LogP contribution in [0.2, 0.25) is 0 Å². The summed E-state index contributed by atoms with van der Waals surface area (Å²) >= 11 is 0. The Bertz CT molecular complexity index is 658. The van der Waals surface area contributed by atoms with Crippen molar-refractivity contribution in [1.29, 1.82) is 0 Å². The summed E-state index contributed by atoms with van der Waals surface area (Å²) in [5, 5.41) is 6.91. The van der Waals surface area contributed by atoms with Crippen LogP contribution in [-0.2, 0) is 18.0 Å². The van der Waals surface area contributed by atoms with E-state index in [-0.39, 0.29) is 5.91 Å². The standard InChI is InChI=1S/C17H24N4O3/c1-2-23-13-21-11-14(10-18-21)19-17(22)16-7-6-15(24-16)12-20-8-4-3-5-9-20/h6-7,10-11H,2-5,8-9,12-13H2,1H3,(H,19,22). The molecule has 0 saturated carbocycles. The van der Waals surface area contributed by atoms with E-state index in [4.69, 9.17) is 9.15 Å². The number of rotatable bonds is 7. The molecule has 1 N–H and O–H groups in total. The number of amides is 1. The lowest BCUT2D eigenvalue weighted by Gasteiger charge is -2.25. The predicted octanol–water partition coefficient (Wildman–Crippen LogP) is 2.71. The number of piperidine rings is 1. The highest BCUT2D eigenvalue weighted by Crippen LogP contribution is 2.16. The quantitative estimate of drug-likeness (QED) is 0.844. The zero-order chi connectivity index (χ0) is 16.8. The molecule has 2 aromatic rings. The normalized spacial score (nSPS) is 15.5. The van der Waals surface area contributed by atoms with E-state index in [9.17, 15) is 4.79 Å². The maximum Gasteiger partial charge on any atom is 0.291 e.